The number of pyridine rings is 1. The van der Waals surface area contributed by atoms with Crippen LogP contribution in [0.15, 0.2) is 47.3 Å². The molecule has 172 valence electrons. The highest BCUT2D eigenvalue weighted by Gasteiger charge is 2.25. The largest absolute Gasteiger partial charge is 0.497 e. The highest BCUT2D eigenvalue weighted by molar-refractivity contribution is 7.80. The molecule has 2 aromatic carbocycles. The topological polar surface area (TPSA) is 75.8 Å². The summed E-state index contributed by atoms with van der Waals surface area (Å²) in [6.07, 6.45) is 5.71. The predicted octanol–water partition coefficient (Wildman–Crippen LogP) is 4.80. The second-order valence-corrected chi connectivity index (χ2v) is 8.88. The molecule has 1 aliphatic carbocycles. The van der Waals surface area contributed by atoms with Gasteiger partial charge in [0.2, 0.25) is 6.79 Å². The summed E-state index contributed by atoms with van der Waals surface area (Å²) in [4.78, 5) is 18.1. The SMILES string of the molecule is COc1ccc(NC(=S)N(Cc2cc3cc4c(cc3[nH]c2=O)OCO4)C2CCCCC2)cc1. The number of benzene rings is 2. The van der Waals surface area contributed by atoms with E-state index in [1.807, 2.05) is 42.5 Å². The molecule has 3 aromatic rings. The Labute approximate surface area is 197 Å². The molecule has 5 rings (SSSR count). The number of hydrogen-bond donors (Lipinski definition) is 2. The summed E-state index contributed by atoms with van der Waals surface area (Å²) in [7, 11) is 1.65. The van der Waals surface area contributed by atoms with Gasteiger partial charge in [0.05, 0.1) is 19.2 Å². The lowest BCUT2D eigenvalue weighted by atomic mass is 9.94. The fourth-order valence-corrected chi connectivity index (χ4v) is 4.90. The maximum absolute atomic E-state index is 13.0. The van der Waals surface area contributed by atoms with Crippen molar-refractivity contribution in [2.75, 3.05) is 19.2 Å². The van der Waals surface area contributed by atoms with Gasteiger partial charge in [-0.25, -0.2) is 0 Å². The van der Waals surface area contributed by atoms with E-state index < -0.39 is 0 Å². The Balaban J connectivity index is 1.43. The van der Waals surface area contributed by atoms with Crippen LogP contribution in [-0.2, 0) is 6.54 Å². The molecule has 2 heterocycles. The van der Waals surface area contributed by atoms with E-state index in [0.717, 1.165) is 35.2 Å². The Morgan fingerprint density at radius 1 is 1.12 bits per heavy atom. The van der Waals surface area contributed by atoms with Crippen molar-refractivity contribution in [3.63, 3.8) is 0 Å². The molecule has 7 nitrogen and oxygen atoms in total. The fraction of sp³-hybridized carbons (Fsp3) is 0.360. The molecular weight excluding hydrogens is 438 g/mol. The van der Waals surface area contributed by atoms with Gasteiger partial charge in [-0.2, -0.15) is 0 Å². The molecule has 2 N–H and O–H groups in total. The van der Waals surface area contributed by atoms with Crippen molar-refractivity contribution in [3.05, 3.63) is 58.4 Å². The smallest absolute Gasteiger partial charge is 0.253 e. The second kappa shape index (κ2) is 9.31. The monoisotopic (exact) mass is 465 g/mol. The van der Waals surface area contributed by atoms with Crippen LogP contribution in [0.25, 0.3) is 10.9 Å². The zero-order chi connectivity index (χ0) is 22.8. The molecule has 0 atom stereocenters. The van der Waals surface area contributed by atoms with Gasteiger partial charge in [-0.1, -0.05) is 19.3 Å². The number of thiocarbonyl (C=S) groups is 1. The van der Waals surface area contributed by atoms with Crippen LogP contribution in [0.2, 0.25) is 0 Å². The first-order valence-electron chi connectivity index (χ1n) is 11.3. The highest BCUT2D eigenvalue weighted by Crippen LogP contribution is 2.35. The van der Waals surface area contributed by atoms with Gasteiger partial charge in [-0.15, -0.1) is 0 Å². The predicted molar refractivity (Wildman–Crippen MR) is 132 cm³/mol. The van der Waals surface area contributed by atoms with Gasteiger partial charge in [-0.3, -0.25) is 4.79 Å². The van der Waals surface area contributed by atoms with Crippen molar-refractivity contribution in [2.45, 2.75) is 44.7 Å². The number of methoxy groups -OCH3 is 1. The molecule has 0 amide bonds. The minimum atomic E-state index is -0.116. The van der Waals surface area contributed by atoms with E-state index in [2.05, 4.69) is 15.2 Å². The molecule has 0 spiro atoms. The third kappa shape index (κ3) is 4.61. The first-order valence-corrected chi connectivity index (χ1v) is 11.7. The summed E-state index contributed by atoms with van der Waals surface area (Å²) in [5.41, 5.74) is 2.18. The van der Waals surface area contributed by atoms with Gasteiger partial charge >= 0.3 is 0 Å². The van der Waals surface area contributed by atoms with Crippen LogP contribution < -0.4 is 25.1 Å². The highest BCUT2D eigenvalue weighted by atomic mass is 32.1. The Kier molecular flexibility index (Phi) is 6.09. The van der Waals surface area contributed by atoms with E-state index in [4.69, 9.17) is 26.4 Å². The Morgan fingerprint density at radius 3 is 2.58 bits per heavy atom. The minimum absolute atomic E-state index is 0.116. The standard InChI is InChI=1S/C25H27N3O4S/c1-30-20-9-7-18(8-10-20)26-25(33)28(19-5-3-2-4-6-19)14-17-11-16-12-22-23(32-15-31-22)13-21(16)27-24(17)29/h7-13,19H,2-6,14-15H2,1H3,(H,26,33)(H,27,29). The maximum atomic E-state index is 13.0. The number of H-pyrrole nitrogens is 1. The quantitative estimate of drug-likeness (QED) is 0.525. The lowest BCUT2D eigenvalue weighted by Gasteiger charge is -2.36. The Bertz CT molecular complexity index is 1220. The van der Waals surface area contributed by atoms with Crippen molar-refractivity contribution in [1.82, 2.24) is 9.88 Å². The van der Waals surface area contributed by atoms with Crippen molar-refractivity contribution < 1.29 is 14.2 Å². The Morgan fingerprint density at radius 2 is 1.85 bits per heavy atom. The molecular formula is C25H27N3O4S. The van der Waals surface area contributed by atoms with Gasteiger partial charge in [-0.05, 0) is 61.5 Å². The van der Waals surface area contributed by atoms with Gasteiger partial charge in [0.1, 0.15) is 5.75 Å². The lowest BCUT2D eigenvalue weighted by molar-refractivity contribution is 0.174. The number of fused-ring (bicyclic) bond motifs is 2. The number of ether oxygens (including phenoxy) is 3. The van der Waals surface area contributed by atoms with Crippen molar-refractivity contribution in [3.8, 4) is 17.2 Å². The first kappa shape index (κ1) is 21.6. The van der Waals surface area contributed by atoms with Gasteiger partial charge in [0, 0.05) is 28.7 Å². The van der Waals surface area contributed by atoms with Crippen LogP contribution in [0.4, 0.5) is 5.69 Å². The molecule has 33 heavy (non-hydrogen) atoms. The van der Waals surface area contributed by atoms with Gasteiger partial charge < -0.3 is 29.4 Å². The number of anilines is 1. The molecule has 0 radical (unpaired) electrons. The van der Waals surface area contributed by atoms with Gasteiger partial charge in [0.25, 0.3) is 5.56 Å². The summed E-state index contributed by atoms with van der Waals surface area (Å²) in [6.45, 7) is 0.635. The van der Waals surface area contributed by atoms with E-state index in [-0.39, 0.29) is 12.4 Å². The van der Waals surface area contributed by atoms with Crippen LogP contribution in [0.5, 0.6) is 17.2 Å². The molecule has 1 aromatic heterocycles. The summed E-state index contributed by atoms with van der Waals surface area (Å²) in [6, 6.07) is 13.6. The number of aromatic amines is 1. The summed E-state index contributed by atoms with van der Waals surface area (Å²) >= 11 is 5.84. The number of aromatic nitrogens is 1. The van der Waals surface area contributed by atoms with Gasteiger partial charge in [0.15, 0.2) is 16.6 Å². The first-order chi connectivity index (χ1) is 16.1. The number of nitrogens with zero attached hydrogens (tertiary/aromatic N) is 1. The van der Waals surface area contributed by atoms with Crippen LogP contribution in [-0.4, -0.2) is 34.9 Å². The molecule has 0 unspecified atom stereocenters. The van der Waals surface area contributed by atoms with Crippen LogP contribution in [0, 0.1) is 0 Å². The summed E-state index contributed by atoms with van der Waals surface area (Å²) in [5, 5.41) is 4.89. The number of hydrogen-bond acceptors (Lipinski definition) is 5. The molecule has 0 bridgehead atoms. The molecule has 1 fully saturated rings. The normalized spacial score (nSPS) is 15.4. The molecule has 1 aliphatic heterocycles. The van der Waals surface area contributed by atoms with Crippen LogP contribution in [0.3, 0.4) is 0 Å². The molecule has 8 heteroatoms. The average molecular weight is 466 g/mol. The van der Waals surface area contributed by atoms with E-state index >= 15 is 0 Å². The zero-order valence-corrected chi connectivity index (χ0v) is 19.4. The number of rotatable bonds is 5. The van der Waals surface area contributed by atoms with E-state index in [9.17, 15) is 4.79 Å². The van der Waals surface area contributed by atoms with Crippen molar-refractivity contribution in [2.24, 2.45) is 0 Å². The van der Waals surface area contributed by atoms with Crippen LogP contribution in [0.1, 0.15) is 37.7 Å². The molecule has 2 aliphatic rings. The fourth-order valence-electron chi connectivity index (χ4n) is 4.57. The third-order valence-corrected chi connectivity index (χ3v) is 6.71. The van der Waals surface area contributed by atoms with Crippen molar-refractivity contribution >= 4 is 33.9 Å². The summed E-state index contributed by atoms with van der Waals surface area (Å²) in [5.74, 6) is 2.14. The summed E-state index contributed by atoms with van der Waals surface area (Å²) < 4.78 is 16.2. The maximum Gasteiger partial charge on any atom is 0.253 e. The average Bonchev–Trinajstić information content (AvgIpc) is 3.29. The number of nitrogens with one attached hydrogen (secondary N) is 2. The minimum Gasteiger partial charge on any atom is -0.497 e. The lowest BCUT2D eigenvalue weighted by Crippen LogP contribution is -2.44. The van der Waals surface area contributed by atoms with Crippen molar-refractivity contribution in [1.29, 1.82) is 0 Å². The Hall–Kier alpha value is -3.26. The van der Waals surface area contributed by atoms with E-state index in [1.54, 1.807) is 7.11 Å². The van der Waals surface area contributed by atoms with E-state index in [1.165, 1.54) is 19.3 Å². The molecule has 0 saturated heterocycles. The zero-order valence-electron chi connectivity index (χ0n) is 18.6. The van der Waals surface area contributed by atoms with E-state index in [0.29, 0.717) is 34.8 Å². The second-order valence-electron chi connectivity index (χ2n) is 8.49. The molecule has 1 saturated carbocycles. The van der Waals surface area contributed by atoms with Crippen LogP contribution >= 0.6 is 12.2 Å². The third-order valence-electron chi connectivity index (χ3n) is 6.37.